The second kappa shape index (κ2) is 7.99. The van der Waals surface area contributed by atoms with Crippen molar-refractivity contribution < 1.29 is 14.7 Å². The summed E-state index contributed by atoms with van der Waals surface area (Å²) in [5, 5.41) is 22.6. The molecule has 6 nitrogen and oxygen atoms in total. The highest BCUT2D eigenvalue weighted by atomic mass is 35.5. The Morgan fingerprint density at radius 3 is 2.71 bits per heavy atom. The number of nitrogens with one attached hydrogen (secondary N) is 1. The number of benzene rings is 2. The molecule has 2 aromatic carbocycles. The van der Waals surface area contributed by atoms with Gasteiger partial charge in [-0.15, -0.1) is 0 Å². The van der Waals surface area contributed by atoms with Crippen LogP contribution in [0.2, 0.25) is 5.02 Å². The molecule has 7 heteroatoms. The van der Waals surface area contributed by atoms with Gasteiger partial charge in [0.15, 0.2) is 0 Å². The Bertz CT molecular complexity index is 1160. The van der Waals surface area contributed by atoms with Crippen LogP contribution >= 0.6 is 11.6 Å². The first kappa shape index (κ1) is 19.2. The van der Waals surface area contributed by atoms with Gasteiger partial charge in [-0.3, -0.25) is 9.59 Å². The summed E-state index contributed by atoms with van der Waals surface area (Å²) in [5.74, 6) is -1.53. The fourth-order valence-electron chi connectivity index (χ4n) is 2.93. The summed E-state index contributed by atoms with van der Waals surface area (Å²) in [6, 6.07) is 14.2. The number of aliphatic carboxylic acids is 1. The van der Waals surface area contributed by atoms with Crippen molar-refractivity contribution in [2.45, 2.75) is 13.5 Å². The predicted octanol–water partition coefficient (Wildman–Crippen LogP) is 4.23. The van der Waals surface area contributed by atoms with Crippen molar-refractivity contribution in [1.82, 2.24) is 4.57 Å². The first-order chi connectivity index (χ1) is 13.4. The molecule has 0 aliphatic rings. The molecule has 0 unspecified atom stereocenters. The lowest BCUT2D eigenvalue weighted by molar-refractivity contribution is -0.137. The van der Waals surface area contributed by atoms with E-state index in [1.165, 1.54) is 6.08 Å². The number of carbonyl (C=O) groups excluding carboxylic acids is 1. The van der Waals surface area contributed by atoms with Gasteiger partial charge >= 0.3 is 5.97 Å². The number of aromatic nitrogens is 1. The number of anilines is 1. The zero-order chi connectivity index (χ0) is 20.3. The van der Waals surface area contributed by atoms with Crippen LogP contribution in [0.5, 0.6) is 0 Å². The third-order valence-corrected chi connectivity index (χ3v) is 4.46. The average molecular weight is 394 g/mol. The number of para-hydroxylation sites is 1. The van der Waals surface area contributed by atoms with E-state index in [0.29, 0.717) is 21.8 Å². The van der Waals surface area contributed by atoms with Gasteiger partial charge in [0, 0.05) is 33.4 Å². The summed E-state index contributed by atoms with van der Waals surface area (Å²) < 4.78 is 1.57. The molecule has 0 spiro atoms. The van der Waals surface area contributed by atoms with Crippen molar-refractivity contribution in [3.8, 4) is 6.07 Å². The van der Waals surface area contributed by atoms with Crippen LogP contribution in [0.1, 0.15) is 11.1 Å². The van der Waals surface area contributed by atoms with Crippen molar-refractivity contribution >= 4 is 46.1 Å². The third kappa shape index (κ3) is 4.05. The highest BCUT2D eigenvalue weighted by Crippen LogP contribution is 2.25. The minimum atomic E-state index is -0.979. The highest BCUT2D eigenvalue weighted by Gasteiger charge is 2.14. The first-order valence-corrected chi connectivity index (χ1v) is 8.76. The van der Waals surface area contributed by atoms with Gasteiger partial charge < -0.3 is 15.0 Å². The molecular weight excluding hydrogens is 378 g/mol. The Labute approximate surface area is 166 Å². The largest absolute Gasteiger partial charge is 0.480 e. The first-order valence-electron chi connectivity index (χ1n) is 8.38. The molecule has 0 bridgehead atoms. The molecular formula is C21H16ClN3O3. The molecule has 0 saturated carbocycles. The number of nitrogens with zero attached hydrogens (tertiary/aromatic N) is 2. The molecule has 28 heavy (non-hydrogen) atoms. The highest BCUT2D eigenvalue weighted by molar-refractivity contribution is 6.30. The summed E-state index contributed by atoms with van der Waals surface area (Å²) >= 11 is 5.92. The Morgan fingerprint density at radius 2 is 2.04 bits per heavy atom. The monoisotopic (exact) mass is 393 g/mol. The Balaban J connectivity index is 1.97. The topological polar surface area (TPSA) is 95.1 Å². The SMILES string of the molecule is Cc1cc(Cl)ccc1NC(=O)/C(C#N)=C/c1cn(CC(=O)O)c2ccccc12. The number of hydrogen-bond donors (Lipinski definition) is 2. The number of carboxylic acid groups (broad SMARTS) is 1. The van der Waals surface area contributed by atoms with Crippen LogP contribution in [0, 0.1) is 18.3 Å². The van der Waals surface area contributed by atoms with Gasteiger partial charge in [-0.25, -0.2) is 0 Å². The zero-order valence-corrected chi connectivity index (χ0v) is 15.7. The van der Waals surface area contributed by atoms with Gasteiger partial charge in [0.25, 0.3) is 5.91 Å². The van der Waals surface area contributed by atoms with E-state index >= 15 is 0 Å². The lowest BCUT2D eigenvalue weighted by atomic mass is 10.1. The minimum Gasteiger partial charge on any atom is -0.480 e. The lowest BCUT2D eigenvalue weighted by Crippen LogP contribution is -2.14. The van der Waals surface area contributed by atoms with Crippen LogP contribution in [0.25, 0.3) is 17.0 Å². The third-order valence-electron chi connectivity index (χ3n) is 4.23. The van der Waals surface area contributed by atoms with Crippen molar-refractivity contribution in [1.29, 1.82) is 5.26 Å². The second-order valence-corrected chi connectivity index (χ2v) is 6.64. The summed E-state index contributed by atoms with van der Waals surface area (Å²) in [6.07, 6.45) is 3.08. The van der Waals surface area contributed by atoms with E-state index in [0.717, 1.165) is 10.9 Å². The number of nitriles is 1. The van der Waals surface area contributed by atoms with Crippen molar-refractivity contribution in [2.24, 2.45) is 0 Å². The predicted molar refractivity (Wildman–Crippen MR) is 108 cm³/mol. The van der Waals surface area contributed by atoms with E-state index in [-0.39, 0.29) is 12.1 Å². The maximum atomic E-state index is 12.6. The van der Waals surface area contributed by atoms with E-state index in [9.17, 15) is 14.9 Å². The van der Waals surface area contributed by atoms with E-state index in [1.807, 2.05) is 18.2 Å². The Hall–Kier alpha value is -3.56. The summed E-state index contributed by atoms with van der Waals surface area (Å²) in [5.41, 5.74) is 2.55. The molecule has 3 rings (SSSR count). The maximum Gasteiger partial charge on any atom is 0.323 e. The number of rotatable bonds is 5. The fraction of sp³-hybridized carbons (Fsp3) is 0.0952. The summed E-state index contributed by atoms with van der Waals surface area (Å²) in [6.45, 7) is 1.59. The number of hydrogen-bond acceptors (Lipinski definition) is 3. The molecule has 1 amide bonds. The molecule has 2 N–H and O–H groups in total. The van der Waals surface area contributed by atoms with Crippen LogP contribution in [0.3, 0.4) is 0 Å². The minimum absolute atomic E-state index is 0.0902. The number of carboxylic acids is 1. The van der Waals surface area contributed by atoms with Crippen LogP contribution in [0.4, 0.5) is 5.69 Å². The van der Waals surface area contributed by atoms with E-state index in [4.69, 9.17) is 16.7 Å². The van der Waals surface area contributed by atoms with Crippen molar-refractivity contribution in [3.05, 3.63) is 70.4 Å². The van der Waals surface area contributed by atoms with Crippen LogP contribution in [0.15, 0.2) is 54.2 Å². The van der Waals surface area contributed by atoms with Crippen LogP contribution < -0.4 is 5.32 Å². The summed E-state index contributed by atoms with van der Waals surface area (Å²) in [4.78, 5) is 23.7. The standard InChI is InChI=1S/C21H16ClN3O3/c1-13-8-16(22)6-7-18(13)24-21(28)14(10-23)9-15-11-25(12-20(26)27)19-5-3-2-4-17(15)19/h2-9,11H,12H2,1H3,(H,24,28)(H,26,27)/b14-9+. The quantitative estimate of drug-likeness (QED) is 0.500. The van der Waals surface area contributed by atoms with Gasteiger partial charge in [-0.1, -0.05) is 29.8 Å². The molecule has 1 aromatic heterocycles. The smallest absolute Gasteiger partial charge is 0.323 e. The number of carbonyl (C=O) groups is 2. The molecule has 0 radical (unpaired) electrons. The van der Waals surface area contributed by atoms with Crippen LogP contribution in [-0.2, 0) is 16.1 Å². The number of halogens is 1. The van der Waals surface area contributed by atoms with Gasteiger partial charge in [0.2, 0.25) is 0 Å². The van der Waals surface area contributed by atoms with Gasteiger partial charge in [-0.05, 0) is 42.8 Å². The van der Waals surface area contributed by atoms with Gasteiger partial charge in [0.1, 0.15) is 18.2 Å². The number of fused-ring (bicyclic) bond motifs is 1. The Kier molecular flexibility index (Phi) is 5.48. The van der Waals surface area contributed by atoms with Crippen molar-refractivity contribution in [3.63, 3.8) is 0 Å². The molecule has 0 saturated heterocycles. The van der Waals surface area contributed by atoms with Gasteiger partial charge in [0.05, 0.1) is 0 Å². The number of amides is 1. The summed E-state index contributed by atoms with van der Waals surface area (Å²) in [7, 11) is 0. The van der Waals surface area contributed by atoms with Crippen LogP contribution in [-0.4, -0.2) is 21.6 Å². The molecule has 0 fully saturated rings. The van der Waals surface area contributed by atoms with Gasteiger partial charge in [-0.2, -0.15) is 5.26 Å². The maximum absolute atomic E-state index is 12.6. The second-order valence-electron chi connectivity index (χ2n) is 6.21. The molecule has 0 aliphatic carbocycles. The molecule has 1 heterocycles. The van der Waals surface area contributed by atoms with E-state index in [2.05, 4.69) is 5.32 Å². The van der Waals surface area contributed by atoms with Crippen molar-refractivity contribution in [2.75, 3.05) is 5.32 Å². The molecule has 0 atom stereocenters. The zero-order valence-electron chi connectivity index (χ0n) is 14.9. The average Bonchev–Trinajstić information content (AvgIpc) is 2.99. The fourth-order valence-corrected chi connectivity index (χ4v) is 3.15. The van der Waals surface area contributed by atoms with E-state index < -0.39 is 11.9 Å². The van der Waals surface area contributed by atoms with E-state index in [1.54, 1.807) is 48.0 Å². The molecule has 3 aromatic rings. The number of aryl methyl sites for hydroxylation is 1. The molecule has 140 valence electrons. The lowest BCUT2D eigenvalue weighted by Gasteiger charge is -2.08. The normalized spacial score (nSPS) is 11.2. The molecule has 0 aliphatic heterocycles. The Morgan fingerprint density at radius 1 is 1.29 bits per heavy atom.